The second-order valence-electron chi connectivity index (χ2n) is 6.91. The molecule has 3 rings (SSSR count). The lowest BCUT2D eigenvalue weighted by Gasteiger charge is -2.13. The fraction of sp³-hybridized carbons (Fsp3) is 0.364. The summed E-state index contributed by atoms with van der Waals surface area (Å²) >= 11 is 3.25. The minimum Gasteiger partial charge on any atom is -0.494 e. The normalized spacial score (nSPS) is 12.0. The van der Waals surface area contributed by atoms with Crippen LogP contribution in [0.2, 0.25) is 0 Å². The lowest BCUT2D eigenvalue weighted by molar-refractivity contribution is -0.143. The van der Waals surface area contributed by atoms with Crippen LogP contribution in [0.5, 0.6) is 5.75 Å². The number of oxazole rings is 1. The van der Waals surface area contributed by atoms with E-state index in [-0.39, 0.29) is 23.6 Å². The third-order valence-electron chi connectivity index (χ3n) is 4.34. The van der Waals surface area contributed by atoms with Gasteiger partial charge in [0, 0.05) is 16.9 Å². The van der Waals surface area contributed by atoms with E-state index in [1.165, 1.54) is 6.07 Å². The minimum absolute atomic E-state index is 0.0286. The molecule has 0 bridgehead atoms. The summed E-state index contributed by atoms with van der Waals surface area (Å²) in [6.07, 6.45) is 1.70. The molecule has 0 amide bonds. The van der Waals surface area contributed by atoms with Crippen LogP contribution in [0.1, 0.15) is 32.3 Å². The number of fused-ring (bicyclic) bond motifs is 1. The van der Waals surface area contributed by atoms with Gasteiger partial charge in [0.25, 0.3) is 6.01 Å². The van der Waals surface area contributed by atoms with E-state index in [1.54, 1.807) is 13.0 Å². The maximum Gasteiger partial charge on any atom is 0.305 e. The van der Waals surface area contributed by atoms with Gasteiger partial charge in [-0.05, 0) is 56.5 Å². The molecule has 3 aromatic rings. The van der Waals surface area contributed by atoms with Crippen molar-refractivity contribution in [3.05, 3.63) is 52.3 Å². The molecule has 0 aliphatic rings. The second kappa shape index (κ2) is 10.4. The van der Waals surface area contributed by atoms with Crippen molar-refractivity contribution in [3.63, 3.8) is 0 Å². The number of nitrogens with one attached hydrogen (secondary N) is 1. The molecule has 2 aromatic carbocycles. The summed E-state index contributed by atoms with van der Waals surface area (Å²) in [5, 5.41) is 3.17. The third-order valence-corrected chi connectivity index (χ3v) is 4.80. The van der Waals surface area contributed by atoms with Crippen LogP contribution >= 0.6 is 15.9 Å². The lowest BCUT2D eigenvalue weighted by atomic mass is 10.1. The average Bonchev–Trinajstić information content (AvgIpc) is 3.09. The molecule has 6 nitrogen and oxygen atoms in total. The van der Waals surface area contributed by atoms with Crippen LogP contribution in [-0.2, 0) is 16.0 Å². The lowest BCUT2D eigenvalue weighted by Crippen LogP contribution is -2.18. The van der Waals surface area contributed by atoms with E-state index >= 15 is 0 Å². The minimum atomic E-state index is -0.453. The fourth-order valence-corrected chi connectivity index (χ4v) is 3.42. The molecule has 1 atom stereocenters. The number of rotatable bonds is 10. The van der Waals surface area contributed by atoms with Gasteiger partial charge >= 0.3 is 5.97 Å². The first-order chi connectivity index (χ1) is 14.4. The van der Waals surface area contributed by atoms with Gasteiger partial charge in [-0.15, -0.1) is 0 Å². The van der Waals surface area contributed by atoms with Crippen molar-refractivity contribution in [2.24, 2.45) is 0 Å². The van der Waals surface area contributed by atoms with Crippen LogP contribution < -0.4 is 10.1 Å². The summed E-state index contributed by atoms with van der Waals surface area (Å²) in [5.41, 5.74) is 1.71. The Kier molecular flexibility index (Phi) is 7.68. The summed E-state index contributed by atoms with van der Waals surface area (Å²) in [5.74, 6) is 0.0981. The Balaban J connectivity index is 1.48. The summed E-state index contributed by atoms with van der Waals surface area (Å²) in [6, 6.07) is 11.2. The third kappa shape index (κ3) is 6.19. The molecule has 0 fully saturated rings. The first-order valence-electron chi connectivity index (χ1n) is 9.84. The van der Waals surface area contributed by atoms with Gasteiger partial charge in [-0.25, -0.2) is 4.39 Å². The zero-order valence-electron chi connectivity index (χ0n) is 16.9. The van der Waals surface area contributed by atoms with Gasteiger partial charge in [-0.3, -0.25) is 4.79 Å². The van der Waals surface area contributed by atoms with E-state index < -0.39 is 5.82 Å². The van der Waals surface area contributed by atoms with Crippen LogP contribution in [-0.4, -0.2) is 30.2 Å². The molecule has 1 heterocycles. The van der Waals surface area contributed by atoms with Crippen molar-refractivity contribution in [2.75, 3.05) is 18.5 Å². The largest absolute Gasteiger partial charge is 0.494 e. The van der Waals surface area contributed by atoms with Crippen LogP contribution in [0.25, 0.3) is 11.1 Å². The molecule has 1 aromatic heterocycles. The highest BCUT2D eigenvalue weighted by atomic mass is 79.9. The molecule has 1 N–H and O–H groups in total. The van der Waals surface area contributed by atoms with Crippen molar-refractivity contribution in [3.8, 4) is 5.75 Å². The number of aromatic nitrogens is 1. The van der Waals surface area contributed by atoms with Gasteiger partial charge in [0.15, 0.2) is 11.4 Å². The summed E-state index contributed by atoms with van der Waals surface area (Å²) in [7, 11) is 0. The highest BCUT2D eigenvalue weighted by Crippen LogP contribution is 2.26. The van der Waals surface area contributed by atoms with E-state index in [0.717, 1.165) is 17.7 Å². The van der Waals surface area contributed by atoms with Crippen molar-refractivity contribution >= 4 is 39.0 Å². The summed E-state index contributed by atoms with van der Waals surface area (Å²) in [4.78, 5) is 15.6. The Morgan fingerprint density at radius 1 is 1.30 bits per heavy atom. The molecule has 160 valence electrons. The van der Waals surface area contributed by atoms with Crippen molar-refractivity contribution < 1.29 is 23.1 Å². The number of anilines is 1. The number of carbonyl (C=O) groups excluding carboxylic acids is 1. The molecule has 0 aliphatic heterocycles. The summed E-state index contributed by atoms with van der Waals surface area (Å²) in [6.45, 7) is 4.65. The van der Waals surface area contributed by atoms with Crippen LogP contribution in [0, 0.1) is 5.82 Å². The number of esters is 1. The second-order valence-corrected chi connectivity index (χ2v) is 7.82. The Hall–Kier alpha value is -2.61. The van der Waals surface area contributed by atoms with Gasteiger partial charge < -0.3 is 19.2 Å². The van der Waals surface area contributed by atoms with Gasteiger partial charge in [0.1, 0.15) is 11.3 Å². The molecule has 0 radical (unpaired) electrons. The number of halogens is 2. The van der Waals surface area contributed by atoms with E-state index in [2.05, 4.69) is 26.2 Å². The topological polar surface area (TPSA) is 73.6 Å². The highest BCUT2D eigenvalue weighted by Gasteiger charge is 2.13. The maximum atomic E-state index is 13.9. The number of hydrogen-bond donors (Lipinski definition) is 1. The van der Waals surface area contributed by atoms with Crippen LogP contribution in [0.4, 0.5) is 10.4 Å². The van der Waals surface area contributed by atoms with Crippen LogP contribution in [0.3, 0.4) is 0 Å². The van der Waals surface area contributed by atoms with E-state index in [1.807, 2.05) is 31.2 Å². The molecule has 1 unspecified atom stereocenters. The predicted octanol–water partition coefficient (Wildman–Crippen LogP) is 5.49. The Morgan fingerprint density at radius 2 is 2.07 bits per heavy atom. The van der Waals surface area contributed by atoms with Gasteiger partial charge in [0.05, 0.1) is 13.2 Å². The van der Waals surface area contributed by atoms with E-state index in [4.69, 9.17) is 13.9 Å². The van der Waals surface area contributed by atoms with Gasteiger partial charge in [0.2, 0.25) is 0 Å². The van der Waals surface area contributed by atoms with Gasteiger partial charge in [-0.2, -0.15) is 4.98 Å². The fourth-order valence-electron chi connectivity index (χ4n) is 3.00. The number of hydrogen-bond acceptors (Lipinski definition) is 6. The first-order valence-corrected chi connectivity index (χ1v) is 10.6. The molecule has 8 heteroatoms. The standard InChI is InChI=1S/C22H24BrFN2O4/c1-3-28-20(27)5-4-10-29-17-8-6-15(7-9-17)11-14(2)25-22-26-19-13-16(23)12-18(24)21(19)30-22/h6-9,12-14H,3-5,10-11H2,1-2H3,(H,25,26). The smallest absolute Gasteiger partial charge is 0.305 e. The molecule has 30 heavy (non-hydrogen) atoms. The molecular formula is C22H24BrFN2O4. The zero-order valence-corrected chi connectivity index (χ0v) is 18.5. The monoisotopic (exact) mass is 478 g/mol. The van der Waals surface area contributed by atoms with Crippen LogP contribution in [0.15, 0.2) is 45.3 Å². The van der Waals surface area contributed by atoms with Crippen molar-refractivity contribution in [1.82, 2.24) is 4.98 Å². The quantitative estimate of drug-likeness (QED) is 0.306. The van der Waals surface area contributed by atoms with Gasteiger partial charge in [-0.1, -0.05) is 28.1 Å². The Bertz CT molecular complexity index is 991. The Morgan fingerprint density at radius 3 is 2.80 bits per heavy atom. The predicted molar refractivity (Wildman–Crippen MR) is 116 cm³/mol. The van der Waals surface area contributed by atoms with E-state index in [0.29, 0.717) is 36.0 Å². The molecular weight excluding hydrogens is 455 g/mol. The number of ether oxygens (including phenoxy) is 2. The molecule has 0 saturated carbocycles. The number of benzene rings is 2. The maximum absolute atomic E-state index is 13.9. The zero-order chi connectivity index (χ0) is 21.5. The van der Waals surface area contributed by atoms with Crippen molar-refractivity contribution in [1.29, 1.82) is 0 Å². The Labute approximate surface area is 182 Å². The molecule has 0 aliphatic carbocycles. The highest BCUT2D eigenvalue weighted by molar-refractivity contribution is 9.10. The molecule has 0 saturated heterocycles. The van der Waals surface area contributed by atoms with Crippen molar-refractivity contribution in [2.45, 2.75) is 39.2 Å². The molecule has 0 spiro atoms. The summed E-state index contributed by atoms with van der Waals surface area (Å²) < 4.78 is 30.6. The first kappa shape index (κ1) is 22.1. The SMILES string of the molecule is CCOC(=O)CCCOc1ccc(CC(C)Nc2nc3cc(Br)cc(F)c3o2)cc1. The van der Waals surface area contributed by atoms with E-state index in [9.17, 15) is 9.18 Å². The number of nitrogens with zero attached hydrogens (tertiary/aromatic N) is 1. The number of carbonyl (C=O) groups is 1. The average molecular weight is 479 g/mol.